The number of nitrogens with one attached hydrogen (secondary N) is 1. The summed E-state index contributed by atoms with van der Waals surface area (Å²) in [5.41, 5.74) is 1.26. The fourth-order valence-electron chi connectivity index (χ4n) is 1.48. The molecule has 14 heavy (non-hydrogen) atoms. The van der Waals surface area contributed by atoms with Crippen molar-refractivity contribution in [3.05, 3.63) is 24.0 Å². The fourth-order valence-corrected chi connectivity index (χ4v) is 1.48. The minimum absolute atomic E-state index is 0.205. The molecule has 3 heteroatoms. The van der Waals surface area contributed by atoms with E-state index in [0.717, 1.165) is 19.4 Å². The summed E-state index contributed by atoms with van der Waals surface area (Å²) in [6, 6.07) is 2.08. The third kappa shape index (κ3) is 3.94. The van der Waals surface area contributed by atoms with Gasteiger partial charge in [0.1, 0.15) is 0 Å². The third-order valence-corrected chi connectivity index (χ3v) is 2.22. The van der Waals surface area contributed by atoms with Crippen molar-refractivity contribution in [2.45, 2.75) is 32.4 Å². The molecule has 0 radical (unpaired) electrons. The van der Waals surface area contributed by atoms with Crippen LogP contribution in [0.3, 0.4) is 0 Å². The molecule has 0 saturated heterocycles. The molecule has 1 aromatic heterocycles. The Morgan fingerprint density at radius 1 is 1.57 bits per heavy atom. The Morgan fingerprint density at radius 3 is 2.93 bits per heavy atom. The number of rotatable bonds is 6. The Bertz CT molecular complexity index is 258. The van der Waals surface area contributed by atoms with Gasteiger partial charge in [-0.25, -0.2) is 0 Å². The number of nitrogens with zero attached hydrogens (tertiary/aromatic N) is 1. The van der Waals surface area contributed by atoms with Crippen LogP contribution in [-0.2, 0) is 13.6 Å². The van der Waals surface area contributed by atoms with Crippen LogP contribution >= 0.6 is 0 Å². The van der Waals surface area contributed by atoms with Crippen LogP contribution in [0, 0.1) is 0 Å². The molecule has 1 unspecified atom stereocenters. The van der Waals surface area contributed by atoms with Crippen molar-refractivity contribution < 1.29 is 5.11 Å². The van der Waals surface area contributed by atoms with Crippen molar-refractivity contribution in [3.8, 4) is 0 Å². The predicted molar refractivity (Wildman–Crippen MR) is 58.0 cm³/mol. The first kappa shape index (κ1) is 11.3. The fraction of sp³-hybridized carbons (Fsp3) is 0.636. The van der Waals surface area contributed by atoms with E-state index < -0.39 is 0 Å². The van der Waals surface area contributed by atoms with E-state index in [-0.39, 0.29) is 6.10 Å². The quantitative estimate of drug-likeness (QED) is 0.719. The highest BCUT2D eigenvalue weighted by molar-refractivity contribution is 5.09. The van der Waals surface area contributed by atoms with E-state index in [1.54, 1.807) is 0 Å². The van der Waals surface area contributed by atoms with Gasteiger partial charge in [-0.05, 0) is 18.1 Å². The first-order valence-electron chi connectivity index (χ1n) is 5.22. The average molecular weight is 196 g/mol. The monoisotopic (exact) mass is 196 g/mol. The lowest BCUT2D eigenvalue weighted by Gasteiger charge is -2.09. The van der Waals surface area contributed by atoms with Gasteiger partial charge in [-0.2, -0.15) is 0 Å². The highest BCUT2D eigenvalue weighted by Gasteiger charge is 2.01. The van der Waals surface area contributed by atoms with E-state index in [9.17, 15) is 5.11 Å². The first-order valence-corrected chi connectivity index (χ1v) is 5.22. The van der Waals surface area contributed by atoms with Crippen molar-refractivity contribution in [2.75, 3.05) is 6.54 Å². The van der Waals surface area contributed by atoms with Crippen molar-refractivity contribution in [3.63, 3.8) is 0 Å². The van der Waals surface area contributed by atoms with E-state index in [0.29, 0.717) is 6.54 Å². The van der Waals surface area contributed by atoms with Crippen molar-refractivity contribution in [1.82, 2.24) is 9.88 Å². The summed E-state index contributed by atoms with van der Waals surface area (Å²) in [4.78, 5) is 0. The van der Waals surface area contributed by atoms with Gasteiger partial charge >= 0.3 is 0 Å². The van der Waals surface area contributed by atoms with Gasteiger partial charge in [0.25, 0.3) is 0 Å². The molecule has 0 saturated carbocycles. The Morgan fingerprint density at radius 2 is 2.36 bits per heavy atom. The maximum atomic E-state index is 9.46. The zero-order valence-corrected chi connectivity index (χ0v) is 9.03. The van der Waals surface area contributed by atoms with E-state index in [1.807, 2.05) is 17.8 Å². The number of aromatic nitrogens is 1. The molecule has 1 rings (SSSR count). The zero-order valence-electron chi connectivity index (χ0n) is 9.03. The summed E-state index contributed by atoms with van der Waals surface area (Å²) >= 11 is 0. The summed E-state index contributed by atoms with van der Waals surface area (Å²) in [5.74, 6) is 0. The molecule has 2 N–H and O–H groups in total. The van der Waals surface area contributed by atoms with E-state index >= 15 is 0 Å². The van der Waals surface area contributed by atoms with E-state index in [2.05, 4.69) is 24.5 Å². The van der Waals surface area contributed by atoms with Crippen LogP contribution in [0.2, 0.25) is 0 Å². The van der Waals surface area contributed by atoms with Crippen molar-refractivity contribution >= 4 is 0 Å². The highest BCUT2D eigenvalue weighted by Crippen LogP contribution is 1.99. The van der Waals surface area contributed by atoms with Crippen LogP contribution in [0.4, 0.5) is 0 Å². The normalized spacial score (nSPS) is 13.1. The second-order valence-electron chi connectivity index (χ2n) is 3.76. The minimum Gasteiger partial charge on any atom is -0.392 e. The number of aliphatic hydroxyl groups excluding tert-OH is 1. The van der Waals surface area contributed by atoms with E-state index in [4.69, 9.17) is 0 Å². The number of hydrogen-bond acceptors (Lipinski definition) is 2. The Hall–Kier alpha value is -0.800. The molecule has 0 aliphatic carbocycles. The lowest BCUT2D eigenvalue weighted by atomic mass is 10.2. The largest absolute Gasteiger partial charge is 0.392 e. The standard InChI is InChI=1S/C11H20N2O/c1-3-4-11(14)8-12-7-10-5-6-13(2)9-10/h5-6,9,11-12,14H,3-4,7-8H2,1-2H3. The van der Waals surface area contributed by atoms with Crippen molar-refractivity contribution in [1.29, 1.82) is 0 Å². The van der Waals surface area contributed by atoms with Crippen LogP contribution in [0.15, 0.2) is 18.5 Å². The van der Waals surface area contributed by atoms with Crippen LogP contribution in [0.5, 0.6) is 0 Å². The number of aryl methyl sites for hydroxylation is 1. The van der Waals surface area contributed by atoms with Gasteiger partial charge in [-0.15, -0.1) is 0 Å². The molecule has 0 spiro atoms. The van der Waals surface area contributed by atoms with Crippen LogP contribution in [0.25, 0.3) is 0 Å². The molecule has 0 aromatic carbocycles. The van der Waals surface area contributed by atoms with Crippen LogP contribution in [-0.4, -0.2) is 22.3 Å². The van der Waals surface area contributed by atoms with Gasteiger partial charge in [0.15, 0.2) is 0 Å². The summed E-state index contributed by atoms with van der Waals surface area (Å²) in [7, 11) is 2.01. The molecule has 0 aliphatic rings. The van der Waals surface area contributed by atoms with E-state index in [1.165, 1.54) is 5.56 Å². The molecule has 1 atom stereocenters. The third-order valence-electron chi connectivity index (χ3n) is 2.22. The molecule has 80 valence electrons. The lowest BCUT2D eigenvalue weighted by Crippen LogP contribution is -2.26. The van der Waals surface area contributed by atoms with Gasteiger partial charge in [0, 0.05) is 32.5 Å². The minimum atomic E-state index is -0.205. The Kier molecular flexibility index (Phi) is 4.70. The lowest BCUT2D eigenvalue weighted by molar-refractivity contribution is 0.160. The molecular weight excluding hydrogens is 176 g/mol. The number of aliphatic hydroxyl groups is 1. The van der Waals surface area contributed by atoms with Crippen LogP contribution in [0.1, 0.15) is 25.3 Å². The molecule has 1 aromatic rings. The second kappa shape index (κ2) is 5.83. The van der Waals surface area contributed by atoms with Gasteiger partial charge in [0.2, 0.25) is 0 Å². The Labute approximate surface area is 85.7 Å². The molecule has 0 fully saturated rings. The second-order valence-corrected chi connectivity index (χ2v) is 3.76. The van der Waals surface area contributed by atoms with Gasteiger partial charge < -0.3 is 15.0 Å². The van der Waals surface area contributed by atoms with Crippen molar-refractivity contribution in [2.24, 2.45) is 7.05 Å². The molecule has 0 amide bonds. The topological polar surface area (TPSA) is 37.2 Å². The smallest absolute Gasteiger partial charge is 0.0664 e. The molecule has 0 bridgehead atoms. The highest BCUT2D eigenvalue weighted by atomic mass is 16.3. The summed E-state index contributed by atoms with van der Waals surface area (Å²) in [6.07, 6.45) is 5.82. The van der Waals surface area contributed by atoms with Gasteiger partial charge in [-0.3, -0.25) is 0 Å². The first-order chi connectivity index (χ1) is 6.72. The molecule has 3 nitrogen and oxygen atoms in total. The summed E-state index contributed by atoms with van der Waals surface area (Å²) in [5, 5.41) is 12.7. The molecular formula is C11H20N2O. The van der Waals surface area contributed by atoms with Gasteiger partial charge in [0.05, 0.1) is 6.10 Å². The predicted octanol–water partition coefficient (Wildman–Crippen LogP) is 1.28. The maximum absolute atomic E-state index is 9.46. The average Bonchev–Trinajstić information content (AvgIpc) is 2.52. The Balaban J connectivity index is 2.15. The summed E-state index contributed by atoms with van der Waals surface area (Å²) in [6.45, 7) is 3.60. The molecule has 1 heterocycles. The number of hydrogen-bond donors (Lipinski definition) is 2. The zero-order chi connectivity index (χ0) is 10.4. The SMILES string of the molecule is CCCC(O)CNCc1ccn(C)c1. The molecule has 0 aliphatic heterocycles. The van der Waals surface area contributed by atoms with Gasteiger partial charge in [-0.1, -0.05) is 13.3 Å². The maximum Gasteiger partial charge on any atom is 0.0664 e. The summed E-state index contributed by atoms with van der Waals surface area (Å²) < 4.78 is 2.03. The van der Waals surface area contributed by atoms with Crippen LogP contribution < -0.4 is 5.32 Å².